The van der Waals surface area contributed by atoms with Gasteiger partial charge in [0.15, 0.2) is 0 Å². The van der Waals surface area contributed by atoms with Crippen molar-refractivity contribution in [2.45, 2.75) is 32.8 Å². The van der Waals surface area contributed by atoms with E-state index in [-0.39, 0.29) is 11.8 Å². The zero-order chi connectivity index (χ0) is 21.3. The molecule has 5 atom stereocenters. The van der Waals surface area contributed by atoms with Gasteiger partial charge in [-0.1, -0.05) is 66.3 Å². The van der Waals surface area contributed by atoms with Crippen LogP contribution < -0.4 is 0 Å². The zero-order valence-electron chi connectivity index (χ0n) is 18.8. The van der Waals surface area contributed by atoms with Crippen molar-refractivity contribution in [1.82, 2.24) is 4.90 Å². The van der Waals surface area contributed by atoms with Crippen molar-refractivity contribution < 1.29 is 4.74 Å². The Labute approximate surface area is 182 Å². The Balaban J connectivity index is 1.89. The molecule has 3 aliphatic rings. The molecule has 2 nitrogen and oxygen atoms in total. The van der Waals surface area contributed by atoms with Gasteiger partial charge in [0.2, 0.25) is 0 Å². The summed E-state index contributed by atoms with van der Waals surface area (Å²) in [6.07, 6.45) is 19.3. The van der Waals surface area contributed by atoms with Gasteiger partial charge < -0.3 is 9.64 Å². The molecule has 0 bridgehead atoms. The van der Waals surface area contributed by atoms with Crippen molar-refractivity contribution in [2.24, 2.45) is 23.7 Å². The second-order valence-corrected chi connectivity index (χ2v) is 8.78. The number of likely N-dealkylation sites (N-methyl/N-ethyl adjacent to an activating group) is 1. The minimum absolute atomic E-state index is 0.215. The lowest BCUT2D eigenvalue weighted by molar-refractivity contribution is -0.107. The Morgan fingerprint density at radius 3 is 2.60 bits per heavy atom. The summed E-state index contributed by atoms with van der Waals surface area (Å²) < 4.78 is 6.61. The van der Waals surface area contributed by atoms with E-state index in [2.05, 4.69) is 99.1 Å². The number of hydrogen-bond donors (Lipinski definition) is 0. The third kappa shape index (κ3) is 3.22. The van der Waals surface area contributed by atoms with E-state index in [9.17, 15) is 0 Å². The number of hydrogen-bond acceptors (Lipinski definition) is 2. The second kappa shape index (κ2) is 8.43. The van der Waals surface area contributed by atoms with Crippen LogP contribution in [0.25, 0.3) is 0 Å². The third-order valence-electron chi connectivity index (χ3n) is 7.36. The molecule has 0 saturated carbocycles. The summed E-state index contributed by atoms with van der Waals surface area (Å²) in [5.41, 5.74) is 5.03. The lowest BCUT2D eigenvalue weighted by atomic mass is 9.57. The number of allylic oxidation sites excluding steroid dienone is 6. The number of methoxy groups -OCH3 is 1. The highest BCUT2D eigenvalue weighted by Gasteiger charge is 2.53. The van der Waals surface area contributed by atoms with Gasteiger partial charge >= 0.3 is 0 Å². The molecule has 1 aromatic rings. The predicted octanol–water partition coefficient (Wildman–Crippen LogP) is 5.97. The quantitative estimate of drug-likeness (QED) is 0.545. The molecule has 0 fully saturated rings. The van der Waals surface area contributed by atoms with E-state index < -0.39 is 5.60 Å². The number of nitrogens with zero attached hydrogens (tertiary/aromatic N) is 1. The average molecular weight is 402 g/mol. The molecule has 4 rings (SSSR count). The van der Waals surface area contributed by atoms with Crippen LogP contribution >= 0.6 is 0 Å². The molecule has 0 N–H and O–H groups in total. The summed E-state index contributed by atoms with van der Waals surface area (Å²) in [5.74, 6) is 1.18. The molecule has 30 heavy (non-hydrogen) atoms. The first-order chi connectivity index (χ1) is 14.6. The molecule has 158 valence electrons. The fourth-order valence-electron chi connectivity index (χ4n) is 5.94. The van der Waals surface area contributed by atoms with Gasteiger partial charge in [0, 0.05) is 43.7 Å². The molecule has 0 radical (unpaired) electrons. The minimum atomic E-state index is -0.409. The van der Waals surface area contributed by atoms with Gasteiger partial charge in [-0.3, -0.25) is 0 Å². The number of fused-ring (bicyclic) bond motifs is 2. The topological polar surface area (TPSA) is 12.5 Å². The maximum atomic E-state index is 6.61. The Morgan fingerprint density at radius 2 is 1.90 bits per heavy atom. The van der Waals surface area contributed by atoms with E-state index in [1.165, 1.54) is 22.4 Å². The zero-order valence-corrected chi connectivity index (χ0v) is 18.8. The largest absolute Gasteiger partial charge is 0.372 e. The van der Waals surface area contributed by atoms with Crippen LogP contribution in [0.15, 0.2) is 79.1 Å². The molecular formula is C28H35NO. The molecule has 5 unspecified atom stereocenters. The molecule has 0 spiro atoms. The predicted molar refractivity (Wildman–Crippen MR) is 126 cm³/mol. The van der Waals surface area contributed by atoms with Crippen molar-refractivity contribution in [3.63, 3.8) is 0 Å². The summed E-state index contributed by atoms with van der Waals surface area (Å²) in [7, 11) is 1.90. The third-order valence-corrected chi connectivity index (χ3v) is 7.36. The van der Waals surface area contributed by atoms with Gasteiger partial charge in [-0.15, -0.1) is 6.58 Å². The van der Waals surface area contributed by atoms with E-state index in [4.69, 9.17) is 4.74 Å². The molecule has 0 amide bonds. The number of benzene rings is 1. The molecular weight excluding hydrogens is 366 g/mol. The van der Waals surface area contributed by atoms with Crippen molar-refractivity contribution in [1.29, 1.82) is 0 Å². The van der Waals surface area contributed by atoms with E-state index in [0.717, 1.165) is 19.5 Å². The molecule has 1 aromatic carbocycles. The van der Waals surface area contributed by atoms with Gasteiger partial charge in [-0.25, -0.2) is 0 Å². The number of aryl methyl sites for hydroxylation is 1. The van der Waals surface area contributed by atoms with Gasteiger partial charge in [-0.2, -0.15) is 0 Å². The highest BCUT2D eigenvalue weighted by atomic mass is 16.5. The van der Waals surface area contributed by atoms with E-state index in [1.54, 1.807) is 0 Å². The molecule has 0 heterocycles. The second-order valence-electron chi connectivity index (χ2n) is 8.78. The van der Waals surface area contributed by atoms with Crippen LogP contribution in [0.4, 0.5) is 0 Å². The maximum Gasteiger partial charge on any atom is 0.107 e. The van der Waals surface area contributed by atoms with Crippen LogP contribution in [0.2, 0.25) is 0 Å². The van der Waals surface area contributed by atoms with E-state index in [1.807, 2.05) is 7.11 Å². The molecule has 3 aliphatic carbocycles. The van der Waals surface area contributed by atoms with Crippen LogP contribution in [0.5, 0.6) is 0 Å². The highest BCUT2D eigenvalue weighted by Crippen LogP contribution is 2.55. The van der Waals surface area contributed by atoms with Crippen molar-refractivity contribution in [2.75, 3.05) is 20.2 Å². The first-order valence-corrected chi connectivity index (χ1v) is 11.4. The summed E-state index contributed by atoms with van der Waals surface area (Å²) in [6, 6.07) is 6.92. The van der Waals surface area contributed by atoms with Gasteiger partial charge in [-0.05, 0) is 50.3 Å². The van der Waals surface area contributed by atoms with Crippen molar-refractivity contribution >= 4 is 0 Å². The molecule has 0 aromatic heterocycles. The summed E-state index contributed by atoms with van der Waals surface area (Å²) >= 11 is 0. The average Bonchev–Trinajstić information content (AvgIpc) is 2.78. The van der Waals surface area contributed by atoms with Crippen LogP contribution in [0.3, 0.4) is 0 Å². The molecule has 2 heteroatoms. The first kappa shape index (κ1) is 20.9. The van der Waals surface area contributed by atoms with Crippen LogP contribution in [0.1, 0.15) is 30.5 Å². The summed E-state index contributed by atoms with van der Waals surface area (Å²) in [4.78, 5) is 2.45. The molecule has 0 aliphatic heterocycles. The highest BCUT2D eigenvalue weighted by molar-refractivity contribution is 5.46. The summed E-state index contributed by atoms with van der Waals surface area (Å²) in [5, 5.41) is 0. The monoisotopic (exact) mass is 401 g/mol. The molecule has 0 saturated heterocycles. The van der Waals surface area contributed by atoms with Crippen molar-refractivity contribution in [3.05, 3.63) is 95.8 Å². The Hall–Kier alpha value is -2.32. The first-order valence-electron chi connectivity index (χ1n) is 11.4. The standard InChI is InChI=1S/C28H35NO/c1-6-21-11-9-10-12-25(21)28(30-5)26-15-13-20(4)17-22(26)18-23-19-24(14-16-27(23)28)29(7-2)8-3/h6,9-17,19,21,23,25,27H,1,7-8,18H2,2-5H3. The fourth-order valence-corrected chi connectivity index (χ4v) is 5.94. The Kier molecular flexibility index (Phi) is 5.88. The van der Waals surface area contributed by atoms with Gasteiger partial charge in [0.25, 0.3) is 0 Å². The van der Waals surface area contributed by atoms with Crippen LogP contribution in [-0.4, -0.2) is 25.1 Å². The Morgan fingerprint density at radius 1 is 1.13 bits per heavy atom. The Bertz CT molecular complexity index is 917. The summed E-state index contributed by atoms with van der Waals surface area (Å²) in [6.45, 7) is 12.9. The fraction of sp³-hybridized carbons (Fsp3) is 0.429. The number of rotatable bonds is 6. The van der Waals surface area contributed by atoms with E-state index >= 15 is 0 Å². The van der Waals surface area contributed by atoms with E-state index in [0.29, 0.717) is 11.8 Å². The normalized spacial score (nSPS) is 31.7. The maximum absolute atomic E-state index is 6.61. The SMILES string of the molecule is C=CC1C=CC=CC1C1(OC)c2ccc(C)cc2CC2C=C(N(CC)CC)C=CC21. The minimum Gasteiger partial charge on any atom is -0.372 e. The van der Waals surface area contributed by atoms with Crippen LogP contribution in [0, 0.1) is 30.6 Å². The van der Waals surface area contributed by atoms with Crippen LogP contribution in [-0.2, 0) is 16.8 Å². The number of ether oxygens (including phenoxy) is 1. The van der Waals surface area contributed by atoms with Gasteiger partial charge in [0.1, 0.15) is 5.60 Å². The smallest absolute Gasteiger partial charge is 0.107 e. The van der Waals surface area contributed by atoms with Gasteiger partial charge in [0.05, 0.1) is 0 Å². The lowest BCUT2D eigenvalue weighted by Crippen LogP contribution is -2.52. The van der Waals surface area contributed by atoms with Crippen molar-refractivity contribution in [3.8, 4) is 0 Å². The lowest BCUT2D eigenvalue weighted by Gasteiger charge is -2.53.